The molecule has 0 aliphatic rings. The number of aromatic amines is 1. The van der Waals surface area contributed by atoms with Gasteiger partial charge in [0.1, 0.15) is 12.1 Å². The van der Waals surface area contributed by atoms with Crippen LogP contribution in [0.25, 0.3) is 10.9 Å². The van der Waals surface area contributed by atoms with Crippen LogP contribution in [0, 0.1) is 13.8 Å². The highest BCUT2D eigenvalue weighted by molar-refractivity contribution is 9.10. The van der Waals surface area contributed by atoms with Crippen LogP contribution in [0.5, 0.6) is 0 Å². The average Bonchev–Trinajstić information content (AvgIpc) is 2.76. The van der Waals surface area contributed by atoms with Gasteiger partial charge in [0.15, 0.2) is 0 Å². The van der Waals surface area contributed by atoms with Crippen LogP contribution in [0.3, 0.4) is 0 Å². The Kier molecular flexibility index (Phi) is 3.40. The molecule has 3 rings (SSSR count). The SMILES string of the molecule is Cc1n[nH]c(C)c1CNc1ncnc2ccc(Br)cc12. The molecule has 0 aliphatic heterocycles. The minimum absolute atomic E-state index is 0.687. The number of nitrogens with zero attached hydrogens (tertiary/aromatic N) is 3. The highest BCUT2D eigenvalue weighted by Crippen LogP contribution is 2.24. The van der Waals surface area contributed by atoms with Crippen LogP contribution in [0.15, 0.2) is 29.0 Å². The fraction of sp³-hybridized carbons (Fsp3) is 0.214. The van der Waals surface area contributed by atoms with Gasteiger partial charge in [-0.1, -0.05) is 15.9 Å². The first-order valence-electron chi connectivity index (χ1n) is 6.29. The molecule has 0 saturated heterocycles. The van der Waals surface area contributed by atoms with Crippen molar-refractivity contribution in [1.82, 2.24) is 20.2 Å². The molecule has 0 saturated carbocycles. The highest BCUT2D eigenvalue weighted by Gasteiger charge is 2.08. The van der Waals surface area contributed by atoms with Crippen LogP contribution in [-0.4, -0.2) is 20.2 Å². The molecule has 0 atom stereocenters. The van der Waals surface area contributed by atoms with Gasteiger partial charge in [0.25, 0.3) is 0 Å². The molecule has 0 bridgehead atoms. The molecule has 0 aliphatic carbocycles. The molecular formula is C14H14BrN5. The normalized spacial score (nSPS) is 10.9. The molecule has 0 amide bonds. The van der Waals surface area contributed by atoms with Crippen molar-refractivity contribution in [1.29, 1.82) is 0 Å². The summed E-state index contributed by atoms with van der Waals surface area (Å²) in [5, 5.41) is 11.6. The number of benzene rings is 1. The van der Waals surface area contributed by atoms with E-state index in [9.17, 15) is 0 Å². The molecule has 5 nitrogen and oxygen atoms in total. The molecule has 102 valence electrons. The van der Waals surface area contributed by atoms with Crippen molar-refractivity contribution in [2.24, 2.45) is 0 Å². The van der Waals surface area contributed by atoms with E-state index in [1.165, 1.54) is 5.56 Å². The number of H-pyrrole nitrogens is 1. The van der Waals surface area contributed by atoms with Crippen molar-refractivity contribution >= 4 is 32.7 Å². The number of nitrogens with one attached hydrogen (secondary N) is 2. The van der Waals surface area contributed by atoms with Gasteiger partial charge in [-0.3, -0.25) is 5.10 Å². The maximum absolute atomic E-state index is 4.33. The Morgan fingerprint density at radius 2 is 2.10 bits per heavy atom. The van der Waals surface area contributed by atoms with Crippen LogP contribution in [0.1, 0.15) is 17.0 Å². The minimum atomic E-state index is 0.687. The maximum atomic E-state index is 4.33. The standard InChI is InChI=1S/C14H14BrN5/c1-8-12(9(2)20-19-8)6-16-14-11-5-10(15)3-4-13(11)17-7-18-14/h3-5,7H,6H2,1-2H3,(H,19,20)(H,16,17,18). The van der Waals surface area contributed by atoms with Gasteiger partial charge in [-0.25, -0.2) is 9.97 Å². The number of hydrogen-bond donors (Lipinski definition) is 2. The number of hydrogen-bond acceptors (Lipinski definition) is 4. The number of fused-ring (bicyclic) bond motifs is 1. The van der Waals surface area contributed by atoms with Crippen LogP contribution < -0.4 is 5.32 Å². The lowest BCUT2D eigenvalue weighted by molar-refractivity contribution is 1.02. The van der Waals surface area contributed by atoms with Crippen molar-refractivity contribution in [3.63, 3.8) is 0 Å². The Bertz CT molecular complexity index is 746. The van der Waals surface area contributed by atoms with E-state index < -0.39 is 0 Å². The van der Waals surface area contributed by atoms with E-state index >= 15 is 0 Å². The lowest BCUT2D eigenvalue weighted by Crippen LogP contribution is -2.04. The summed E-state index contributed by atoms with van der Waals surface area (Å²) in [6.45, 7) is 4.70. The predicted molar refractivity (Wildman–Crippen MR) is 82.6 cm³/mol. The van der Waals surface area contributed by atoms with Gasteiger partial charge < -0.3 is 5.32 Å². The fourth-order valence-electron chi connectivity index (χ4n) is 2.18. The second kappa shape index (κ2) is 5.20. The molecule has 2 heterocycles. The van der Waals surface area contributed by atoms with Crippen LogP contribution in [0.4, 0.5) is 5.82 Å². The zero-order chi connectivity index (χ0) is 14.1. The van der Waals surface area contributed by atoms with E-state index in [2.05, 4.69) is 41.4 Å². The molecular weight excluding hydrogens is 318 g/mol. The summed E-state index contributed by atoms with van der Waals surface area (Å²) in [5.74, 6) is 0.830. The molecule has 20 heavy (non-hydrogen) atoms. The molecule has 0 radical (unpaired) electrons. The summed E-state index contributed by atoms with van der Waals surface area (Å²) in [6, 6.07) is 5.97. The second-order valence-corrected chi connectivity index (χ2v) is 5.57. The van der Waals surface area contributed by atoms with Gasteiger partial charge in [-0.15, -0.1) is 0 Å². The van der Waals surface area contributed by atoms with E-state index in [1.54, 1.807) is 6.33 Å². The molecule has 2 N–H and O–H groups in total. The summed E-state index contributed by atoms with van der Waals surface area (Å²) in [4.78, 5) is 8.61. The summed E-state index contributed by atoms with van der Waals surface area (Å²) >= 11 is 3.48. The number of aryl methyl sites for hydroxylation is 2. The quantitative estimate of drug-likeness (QED) is 0.772. The van der Waals surface area contributed by atoms with Crippen LogP contribution in [0.2, 0.25) is 0 Å². The first-order chi connectivity index (χ1) is 9.65. The molecule has 0 fully saturated rings. The Hall–Kier alpha value is -1.95. The van der Waals surface area contributed by atoms with E-state index in [0.29, 0.717) is 6.54 Å². The van der Waals surface area contributed by atoms with Crippen LogP contribution >= 0.6 is 15.9 Å². The van der Waals surface area contributed by atoms with Crippen molar-refractivity contribution in [3.8, 4) is 0 Å². The largest absolute Gasteiger partial charge is 0.365 e. The first kappa shape index (κ1) is 13.1. The van der Waals surface area contributed by atoms with Gasteiger partial charge in [-0.05, 0) is 32.0 Å². The molecule has 6 heteroatoms. The van der Waals surface area contributed by atoms with Gasteiger partial charge in [0, 0.05) is 27.7 Å². The van der Waals surface area contributed by atoms with Crippen molar-refractivity contribution in [2.45, 2.75) is 20.4 Å². The third-order valence-corrected chi connectivity index (χ3v) is 3.80. The lowest BCUT2D eigenvalue weighted by atomic mass is 10.2. The van der Waals surface area contributed by atoms with E-state index in [4.69, 9.17) is 0 Å². The van der Waals surface area contributed by atoms with Gasteiger partial charge >= 0.3 is 0 Å². The van der Waals surface area contributed by atoms with E-state index in [1.807, 2.05) is 32.0 Å². The van der Waals surface area contributed by atoms with E-state index in [-0.39, 0.29) is 0 Å². The van der Waals surface area contributed by atoms with Gasteiger partial charge in [0.2, 0.25) is 0 Å². The van der Waals surface area contributed by atoms with Crippen molar-refractivity contribution < 1.29 is 0 Å². The Morgan fingerprint density at radius 3 is 2.85 bits per heavy atom. The number of rotatable bonds is 3. The zero-order valence-electron chi connectivity index (χ0n) is 11.2. The Labute approximate surface area is 125 Å². The molecule has 1 aromatic carbocycles. The first-order valence-corrected chi connectivity index (χ1v) is 7.09. The zero-order valence-corrected chi connectivity index (χ0v) is 12.8. The summed E-state index contributed by atoms with van der Waals surface area (Å²) < 4.78 is 1.01. The van der Waals surface area contributed by atoms with Crippen molar-refractivity contribution in [3.05, 3.63) is 46.0 Å². The third kappa shape index (κ3) is 2.38. The average molecular weight is 332 g/mol. The summed E-state index contributed by atoms with van der Waals surface area (Å²) in [6.07, 6.45) is 1.58. The Balaban J connectivity index is 1.93. The fourth-order valence-corrected chi connectivity index (χ4v) is 2.54. The van der Waals surface area contributed by atoms with E-state index in [0.717, 1.165) is 32.6 Å². The Morgan fingerprint density at radius 1 is 1.25 bits per heavy atom. The number of halogens is 1. The molecule has 0 unspecified atom stereocenters. The highest BCUT2D eigenvalue weighted by atomic mass is 79.9. The summed E-state index contributed by atoms with van der Waals surface area (Å²) in [7, 11) is 0. The topological polar surface area (TPSA) is 66.5 Å². The van der Waals surface area contributed by atoms with Crippen LogP contribution in [-0.2, 0) is 6.54 Å². The molecule has 0 spiro atoms. The minimum Gasteiger partial charge on any atom is -0.365 e. The van der Waals surface area contributed by atoms with Gasteiger partial charge in [0.05, 0.1) is 11.2 Å². The smallest absolute Gasteiger partial charge is 0.137 e. The molecule has 2 aromatic heterocycles. The third-order valence-electron chi connectivity index (χ3n) is 3.31. The monoisotopic (exact) mass is 331 g/mol. The summed E-state index contributed by atoms with van der Waals surface area (Å²) in [5.41, 5.74) is 4.18. The molecule has 3 aromatic rings. The number of anilines is 1. The second-order valence-electron chi connectivity index (χ2n) is 4.65. The van der Waals surface area contributed by atoms with Crippen molar-refractivity contribution in [2.75, 3.05) is 5.32 Å². The number of aromatic nitrogens is 4. The lowest BCUT2D eigenvalue weighted by Gasteiger charge is -2.08. The predicted octanol–water partition coefficient (Wildman–Crippen LogP) is 3.34. The van der Waals surface area contributed by atoms with Gasteiger partial charge in [-0.2, -0.15) is 5.10 Å². The maximum Gasteiger partial charge on any atom is 0.137 e.